The number of aromatic nitrogens is 2. The predicted octanol–water partition coefficient (Wildman–Crippen LogP) is 3.92. The Hall–Kier alpha value is -2.47. The van der Waals surface area contributed by atoms with Crippen molar-refractivity contribution in [1.29, 1.82) is 0 Å². The number of rotatable bonds is 4. The number of nitrogens with zero attached hydrogens (tertiary/aromatic N) is 2. The summed E-state index contributed by atoms with van der Waals surface area (Å²) in [6, 6.07) is 7.92. The van der Waals surface area contributed by atoms with E-state index in [2.05, 4.69) is 15.3 Å². The molecular weight excluding hydrogens is 298 g/mol. The zero-order valence-corrected chi connectivity index (χ0v) is 13.1. The van der Waals surface area contributed by atoms with Crippen LogP contribution >= 0.6 is 11.3 Å². The van der Waals surface area contributed by atoms with Crippen molar-refractivity contribution >= 4 is 39.0 Å². The molecule has 0 aliphatic rings. The molecule has 1 aromatic carbocycles. The van der Waals surface area contributed by atoms with Crippen LogP contribution in [0.5, 0.6) is 0 Å². The van der Waals surface area contributed by atoms with Crippen molar-refractivity contribution in [3.63, 3.8) is 0 Å². The molecule has 0 aliphatic carbocycles. The Kier molecular flexibility index (Phi) is 4.02. The van der Waals surface area contributed by atoms with E-state index in [1.165, 1.54) is 17.7 Å². The molecule has 0 radical (unpaired) electrons. The molecule has 1 N–H and O–H groups in total. The van der Waals surface area contributed by atoms with Crippen LogP contribution in [0.2, 0.25) is 0 Å². The fraction of sp³-hybridized carbons (Fsp3) is 0.188. The van der Waals surface area contributed by atoms with Crippen LogP contribution in [0.15, 0.2) is 36.0 Å². The van der Waals surface area contributed by atoms with Gasteiger partial charge in [0.2, 0.25) is 0 Å². The Morgan fingerprint density at radius 3 is 2.91 bits per heavy atom. The standard InChI is InChI=1S/C16H15N3O2S/c1-3-21-16(20)11-8-22-15-13(11)14(17-9-18-15)19-12-7-5-4-6-10(12)2/h4-9H,3H2,1-2H3,(H,17,18,19). The number of anilines is 2. The number of esters is 1. The molecule has 0 unspecified atom stereocenters. The van der Waals surface area contributed by atoms with Crippen LogP contribution in [-0.4, -0.2) is 22.5 Å². The summed E-state index contributed by atoms with van der Waals surface area (Å²) in [4.78, 5) is 21.4. The minimum absolute atomic E-state index is 0.338. The van der Waals surface area contributed by atoms with Gasteiger partial charge in [0.05, 0.1) is 17.6 Å². The van der Waals surface area contributed by atoms with Crippen molar-refractivity contribution in [3.8, 4) is 0 Å². The van der Waals surface area contributed by atoms with Crippen molar-refractivity contribution in [3.05, 3.63) is 47.1 Å². The number of carbonyl (C=O) groups excluding carboxylic acids is 1. The number of nitrogens with one attached hydrogen (secondary N) is 1. The van der Waals surface area contributed by atoms with Crippen LogP contribution in [0.1, 0.15) is 22.8 Å². The van der Waals surface area contributed by atoms with E-state index in [1.807, 2.05) is 31.2 Å². The van der Waals surface area contributed by atoms with Gasteiger partial charge in [-0.15, -0.1) is 11.3 Å². The molecule has 3 aromatic rings. The molecule has 0 fully saturated rings. The summed E-state index contributed by atoms with van der Waals surface area (Å²) in [5.41, 5.74) is 2.55. The third-order valence-corrected chi connectivity index (χ3v) is 4.15. The van der Waals surface area contributed by atoms with Crippen LogP contribution in [0.4, 0.5) is 11.5 Å². The number of carbonyl (C=O) groups is 1. The highest BCUT2D eigenvalue weighted by atomic mass is 32.1. The minimum atomic E-state index is -0.351. The van der Waals surface area contributed by atoms with Crippen LogP contribution < -0.4 is 5.32 Å². The second-order valence-corrected chi connectivity index (χ2v) is 5.57. The molecule has 6 heteroatoms. The quantitative estimate of drug-likeness (QED) is 0.740. The average Bonchev–Trinajstić information content (AvgIpc) is 2.95. The van der Waals surface area contributed by atoms with Crippen LogP contribution in [0.3, 0.4) is 0 Å². The summed E-state index contributed by atoms with van der Waals surface area (Å²) in [7, 11) is 0. The van der Waals surface area contributed by atoms with Crippen LogP contribution in [-0.2, 0) is 4.74 Å². The second-order valence-electron chi connectivity index (χ2n) is 4.71. The summed E-state index contributed by atoms with van der Waals surface area (Å²) in [6.07, 6.45) is 1.49. The average molecular weight is 313 g/mol. The first-order valence-electron chi connectivity index (χ1n) is 6.92. The van der Waals surface area contributed by atoms with E-state index in [0.717, 1.165) is 16.1 Å². The van der Waals surface area contributed by atoms with E-state index in [1.54, 1.807) is 12.3 Å². The Balaban J connectivity index is 2.08. The molecule has 0 aliphatic heterocycles. The zero-order chi connectivity index (χ0) is 15.5. The van der Waals surface area contributed by atoms with Crippen LogP contribution in [0.25, 0.3) is 10.2 Å². The van der Waals surface area contributed by atoms with Gasteiger partial charge in [0.25, 0.3) is 0 Å². The number of benzene rings is 1. The van der Waals surface area contributed by atoms with Gasteiger partial charge >= 0.3 is 5.97 Å². The Morgan fingerprint density at radius 1 is 1.32 bits per heavy atom. The number of hydrogen-bond donors (Lipinski definition) is 1. The molecule has 0 atom stereocenters. The number of ether oxygens (including phenoxy) is 1. The van der Waals surface area contributed by atoms with Gasteiger partial charge in [0.15, 0.2) is 0 Å². The van der Waals surface area contributed by atoms with E-state index < -0.39 is 0 Å². The molecule has 3 rings (SSSR count). The van der Waals surface area contributed by atoms with E-state index in [-0.39, 0.29) is 5.97 Å². The number of fused-ring (bicyclic) bond motifs is 1. The second kappa shape index (κ2) is 6.11. The summed E-state index contributed by atoms with van der Waals surface area (Å²) in [5, 5.41) is 5.75. The van der Waals surface area contributed by atoms with Gasteiger partial charge in [0, 0.05) is 11.1 Å². The van der Waals surface area contributed by atoms with Crippen LogP contribution in [0, 0.1) is 6.92 Å². The lowest BCUT2D eigenvalue weighted by atomic mass is 10.2. The van der Waals surface area contributed by atoms with Crippen molar-refractivity contribution in [2.45, 2.75) is 13.8 Å². The number of para-hydroxylation sites is 1. The van der Waals surface area contributed by atoms with Gasteiger partial charge in [-0.1, -0.05) is 18.2 Å². The van der Waals surface area contributed by atoms with Gasteiger partial charge in [-0.05, 0) is 25.5 Å². The third kappa shape index (κ3) is 2.65. The lowest BCUT2D eigenvalue weighted by Crippen LogP contribution is -2.05. The number of thiophene rings is 1. The Bertz CT molecular complexity index is 829. The van der Waals surface area contributed by atoms with Crippen molar-refractivity contribution < 1.29 is 9.53 Å². The molecule has 22 heavy (non-hydrogen) atoms. The first kappa shape index (κ1) is 14.5. The summed E-state index contributed by atoms with van der Waals surface area (Å²) in [5.74, 6) is 0.264. The normalized spacial score (nSPS) is 10.6. The first-order chi connectivity index (χ1) is 10.7. The predicted molar refractivity (Wildman–Crippen MR) is 87.8 cm³/mol. The molecule has 5 nitrogen and oxygen atoms in total. The van der Waals surface area contributed by atoms with Gasteiger partial charge in [0.1, 0.15) is 17.0 Å². The van der Waals surface area contributed by atoms with Gasteiger partial charge < -0.3 is 10.1 Å². The SMILES string of the molecule is CCOC(=O)c1csc2ncnc(Nc3ccccc3C)c12. The summed E-state index contributed by atoms with van der Waals surface area (Å²) in [6.45, 7) is 4.14. The lowest BCUT2D eigenvalue weighted by molar-refractivity contribution is 0.0529. The Labute approximate surface area is 132 Å². The highest BCUT2D eigenvalue weighted by molar-refractivity contribution is 7.17. The highest BCUT2D eigenvalue weighted by Crippen LogP contribution is 2.32. The van der Waals surface area contributed by atoms with E-state index in [4.69, 9.17) is 4.74 Å². The maximum Gasteiger partial charge on any atom is 0.339 e. The number of hydrogen-bond acceptors (Lipinski definition) is 6. The van der Waals surface area contributed by atoms with E-state index in [9.17, 15) is 4.79 Å². The minimum Gasteiger partial charge on any atom is -0.462 e. The molecule has 0 amide bonds. The largest absolute Gasteiger partial charge is 0.462 e. The summed E-state index contributed by atoms with van der Waals surface area (Å²) >= 11 is 1.41. The molecule has 2 heterocycles. The Morgan fingerprint density at radius 2 is 2.14 bits per heavy atom. The summed E-state index contributed by atoms with van der Waals surface area (Å²) < 4.78 is 5.11. The smallest absolute Gasteiger partial charge is 0.339 e. The van der Waals surface area contributed by atoms with Gasteiger partial charge in [-0.3, -0.25) is 0 Å². The van der Waals surface area contributed by atoms with Crippen molar-refractivity contribution in [2.75, 3.05) is 11.9 Å². The van der Waals surface area contributed by atoms with E-state index >= 15 is 0 Å². The van der Waals surface area contributed by atoms with Crippen molar-refractivity contribution in [1.82, 2.24) is 9.97 Å². The first-order valence-corrected chi connectivity index (χ1v) is 7.80. The molecule has 0 saturated heterocycles. The maximum atomic E-state index is 12.1. The lowest BCUT2D eigenvalue weighted by Gasteiger charge is -2.10. The van der Waals surface area contributed by atoms with Crippen molar-refractivity contribution in [2.24, 2.45) is 0 Å². The third-order valence-electron chi connectivity index (χ3n) is 3.26. The fourth-order valence-corrected chi connectivity index (χ4v) is 3.05. The fourth-order valence-electron chi connectivity index (χ4n) is 2.17. The van der Waals surface area contributed by atoms with Gasteiger partial charge in [-0.25, -0.2) is 14.8 Å². The highest BCUT2D eigenvalue weighted by Gasteiger charge is 2.18. The molecule has 112 valence electrons. The monoisotopic (exact) mass is 313 g/mol. The molecule has 0 spiro atoms. The van der Waals surface area contributed by atoms with E-state index in [0.29, 0.717) is 23.4 Å². The van der Waals surface area contributed by atoms with Gasteiger partial charge in [-0.2, -0.15) is 0 Å². The maximum absolute atomic E-state index is 12.1. The number of aryl methyl sites for hydroxylation is 1. The molecular formula is C16H15N3O2S. The molecule has 0 bridgehead atoms. The molecule has 2 aromatic heterocycles. The zero-order valence-electron chi connectivity index (χ0n) is 12.3. The molecule has 0 saturated carbocycles. The topological polar surface area (TPSA) is 64.1 Å².